The first kappa shape index (κ1) is 14.1. The van der Waals surface area contributed by atoms with Crippen molar-refractivity contribution in [3.05, 3.63) is 27.3 Å². The second-order valence-corrected chi connectivity index (χ2v) is 6.31. The molecule has 0 spiro atoms. The van der Waals surface area contributed by atoms with E-state index in [2.05, 4.69) is 22.6 Å². The van der Waals surface area contributed by atoms with Gasteiger partial charge in [-0.1, -0.05) is 0 Å². The van der Waals surface area contributed by atoms with Gasteiger partial charge in [-0.25, -0.2) is 0 Å². The summed E-state index contributed by atoms with van der Waals surface area (Å²) in [6, 6.07) is 4.86. The summed E-state index contributed by atoms with van der Waals surface area (Å²) < 4.78 is 0.871. The van der Waals surface area contributed by atoms with E-state index in [0.29, 0.717) is 19.5 Å². The fourth-order valence-electron chi connectivity index (χ4n) is 2.19. The number of aromatic hydroxyl groups is 1. The summed E-state index contributed by atoms with van der Waals surface area (Å²) >= 11 is 2.08. The van der Waals surface area contributed by atoms with Crippen molar-refractivity contribution in [2.24, 2.45) is 11.1 Å². The third-order valence-corrected chi connectivity index (χ3v) is 4.22. The van der Waals surface area contributed by atoms with Crippen LogP contribution in [0.3, 0.4) is 0 Å². The third-order valence-electron chi connectivity index (χ3n) is 3.54. The first-order chi connectivity index (χ1) is 8.83. The Morgan fingerprint density at radius 2 is 2.16 bits per heavy atom. The van der Waals surface area contributed by atoms with Crippen LogP contribution in [-0.4, -0.2) is 34.9 Å². The molecular formula is C13H15IN2O3. The molecular weight excluding hydrogens is 359 g/mol. The van der Waals surface area contributed by atoms with Crippen molar-refractivity contribution < 1.29 is 14.7 Å². The summed E-state index contributed by atoms with van der Waals surface area (Å²) in [5.74, 6) is -0.700. The van der Waals surface area contributed by atoms with Gasteiger partial charge in [0.15, 0.2) is 0 Å². The SMILES string of the molecule is CC1(C(N)=O)CCN(C(=O)c2cc(I)ccc2O)C1. The summed E-state index contributed by atoms with van der Waals surface area (Å²) in [7, 11) is 0. The first-order valence-corrected chi connectivity index (χ1v) is 6.99. The van der Waals surface area contributed by atoms with E-state index in [1.807, 2.05) is 0 Å². The van der Waals surface area contributed by atoms with Crippen LogP contribution >= 0.6 is 22.6 Å². The molecule has 0 aliphatic carbocycles. The minimum absolute atomic E-state index is 0.0434. The molecule has 1 aromatic rings. The van der Waals surface area contributed by atoms with Crippen LogP contribution in [0.5, 0.6) is 5.75 Å². The zero-order valence-electron chi connectivity index (χ0n) is 10.5. The van der Waals surface area contributed by atoms with Gasteiger partial charge in [0.1, 0.15) is 5.75 Å². The van der Waals surface area contributed by atoms with Gasteiger partial charge in [-0.15, -0.1) is 0 Å². The molecule has 19 heavy (non-hydrogen) atoms. The highest BCUT2D eigenvalue weighted by Gasteiger charge is 2.41. The molecule has 6 heteroatoms. The highest BCUT2D eigenvalue weighted by atomic mass is 127. The topological polar surface area (TPSA) is 83.6 Å². The normalized spacial score (nSPS) is 22.5. The van der Waals surface area contributed by atoms with Crippen LogP contribution in [0.15, 0.2) is 18.2 Å². The fraction of sp³-hybridized carbons (Fsp3) is 0.385. The molecule has 3 N–H and O–H groups in total. The van der Waals surface area contributed by atoms with E-state index in [-0.39, 0.29) is 17.2 Å². The molecule has 1 aromatic carbocycles. The fourth-order valence-corrected chi connectivity index (χ4v) is 2.68. The smallest absolute Gasteiger partial charge is 0.257 e. The number of nitrogens with zero attached hydrogens (tertiary/aromatic N) is 1. The molecule has 1 heterocycles. The average Bonchev–Trinajstić information content (AvgIpc) is 2.76. The first-order valence-electron chi connectivity index (χ1n) is 5.91. The van der Waals surface area contributed by atoms with Crippen LogP contribution in [0.1, 0.15) is 23.7 Å². The number of halogens is 1. The van der Waals surface area contributed by atoms with E-state index >= 15 is 0 Å². The van der Waals surface area contributed by atoms with E-state index in [1.165, 1.54) is 6.07 Å². The standard InChI is InChI=1S/C13H15IN2O3/c1-13(12(15)19)4-5-16(7-13)11(18)9-6-8(14)2-3-10(9)17/h2-3,6,17H,4-5,7H2,1H3,(H2,15,19). The van der Waals surface area contributed by atoms with E-state index in [9.17, 15) is 14.7 Å². The van der Waals surface area contributed by atoms with Gasteiger partial charge < -0.3 is 15.7 Å². The summed E-state index contributed by atoms with van der Waals surface area (Å²) in [4.78, 5) is 25.3. The number of hydrogen-bond acceptors (Lipinski definition) is 3. The van der Waals surface area contributed by atoms with Gasteiger partial charge in [0, 0.05) is 16.7 Å². The number of primary amides is 1. The summed E-state index contributed by atoms with van der Waals surface area (Å²) in [6.07, 6.45) is 0.554. The van der Waals surface area contributed by atoms with Crippen molar-refractivity contribution in [1.29, 1.82) is 0 Å². The summed E-state index contributed by atoms with van der Waals surface area (Å²) in [6.45, 7) is 2.53. The number of likely N-dealkylation sites (tertiary alicyclic amines) is 1. The van der Waals surface area contributed by atoms with Gasteiger partial charge in [-0.05, 0) is 54.1 Å². The number of carbonyl (C=O) groups is 2. The molecule has 2 rings (SSSR count). The Balaban J connectivity index is 2.22. The largest absolute Gasteiger partial charge is 0.507 e. The second kappa shape index (κ2) is 4.99. The van der Waals surface area contributed by atoms with Gasteiger partial charge in [-0.2, -0.15) is 0 Å². The number of rotatable bonds is 2. The number of hydrogen-bond donors (Lipinski definition) is 2. The molecule has 5 nitrogen and oxygen atoms in total. The highest BCUT2D eigenvalue weighted by Crippen LogP contribution is 2.31. The van der Waals surface area contributed by atoms with Gasteiger partial charge >= 0.3 is 0 Å². The average molecular weight is 374 g/mol. The monoisotopic (exact) mass is 374 g/mol. The minimum Gasteiger partial charge on any atom is -0.507 e. The molecule has 1 atom stereocenters. The lowest BCUT2D eigenvalue weighted by molar-refractivity contribution is -0.126. The molecule has 1 fully saturated rings. The maximum absolute atomic E-state index is 12.3. The molecule has 1 saturated heterocycles. The Morgan fingerprint density at radius 3 is 2.74 bits per heavy atom. The Hall–Kier alpha value is -1.31. The number of nitrogens with two attached hydrogens (primary N) is 1. The lowest BCUT2D eigenvalue weighted by Crippen LogP contribution is -2.38. The van der Waals surface area contributed by atoms with Crippen LogP contribution in [-0.2, 0) is 4.79 Å². The summed E-state index contributed by atoms with van der Waals surface area (Å²) in [5, 5.41) is 9.76. The Morgan fingerprint density at radius 1 is 1.47 bits per heavy atom. The number of benzene rings is 1. The van der Waals surface area contributed by atoms with Crippen LogP contribution < -0.4 is 5.73 Å². The van der Waals surface area contributed by atoms with Gasteiger partial charge in [-0.3, -0.25) is 9.59 Å². The van der Waals surface area contributed by atoms with E-state index in [0.717, 1.165) is 3.57 Å². The molecule has 102 valence electrons. The Labute approximate surface area is 124 Å². The second-order valence-electron chi connectivity index (χ2n) is 5.06. The zero-order chi connectivity index (χ0) is 14.2. The van der Waals surface area contributed by atoms with Crippen molar-refractivity contribution in [3.63, 3.8) is 0 Å². The molecule has 0 saturated carbocycles. The van der Waals surface area contributed by atoms with Gasteiger partial charge in [0.2, 0.25) is 5.91 Å². The maximum Gasteiger partial charge on any atom is 0.257 e. The number of carbonyl (C=O) groups excluding carboxylic acids is 2. The van der Waals surface area contributed by atoms with Gasteiger partial charge in [0.25, 0.3) is 5.91 Å². The van der Waals surface area contributed by atoms with Crippen molar-refractivity contribution in [2.75, 3.05) is 13.1 Å². The van der Waals surface area contributed by atoms with Crippen LogP contribution in [0.2, 0.25) is 0 Å². The maximum atomic E-state index is 12.3. The quantitative estimate of drug-likeness (QED) is 0.767. The Kier molecular flexibility index (Phi) is 3.71. The Bertz CT molecular complexity index is 547. The molecule has 0 radical (unpaired) electrons. The number of amides is 2. The molecule has 1 unspecified atom stereocenters. The van der Waals surface area contributed by atoms with E-state index in [1.54, 1.807) is 24.0 Å². The van der Waals surface area contributed by atoms with Crippen molar-refractivity contribution in [2.45, 2.75) is 13.3 Å². The molecule has 0 bridgehead atoms. The van der Waals surface area contributed by atoms with Gasteiger partial charge in [0.05, 0.1) is 11.0 Å². The lowest BCUT2D eigenvalue weighted by Gasteiger charge is -2.21. The van der Waals surface area contributed by atoms with Crippen LogP contribution in [0, 0.1) is 8.99 Å². The highest BCUT2D eigenvalue weighted by molar-refractivity contribution is 14.1. The minimum atomic E-state index is -0.673. The van der Waals surface area contributed by atoms with Crippen molar-refractivity contribution >= 4 is 34.4 Å². The zero-order valence-corrected chi connectivity index (χ0v) is 12.7. The molecule has 2 amide bonds. The van der Waals surface area contributed by atoms with Crippen molar-refractivity contribution in [1.82, 2.24) is 4.90 Å². The third kappa shape index (κ3) is 2.68. The van der Waals surface area contributed by atoms with Crippen LogP contribution in [0.4, 0.5) is 0 Å². The molecule has 1 aliphatic rings. The van der Waals surface area contributed by atoms with E-state index in [4.69, 9.17) is 5.73 Å². The predicted molar refractivity (Wildman–Crippen MR) is 78.6 cm³/mol. The van der Waals surface area contributed by atoms with Crippen molar-refractivity contribution in [3.8, 4) is 5.75 Å². The number of phenols is 1. The molecule has 0 aromatic heterocycles. The molecule has 1 aliphatic heterocycles. The predicted octanol–water partition coefficient (Wildman–Crippen LogP) is 1.33. The summed E-state index contributed by atoms with van der Waals surface area (Å²) in [5.41, 5.74) is 4.95. The lowest BCUT2D eigenvalue weighted by atomic mass is 9.89. The van der Waals surface area contributed by atoms with E-state index < -0.39 is 11.3 Å². The van der Waals surface area contributed by atoms with Crippen LogP contribution in [0.25, 0.3) is 0 Å². The number of phenolic OH excluding ortho intramolecular Hbond substituents is 1.